The number of hydrogen-bond acceptors (Lipinski definition) is 3. The average molecular weight is 261 g/mol. The maximum atomic E-state index is 4.44. The summed E-state index contributed by atoms with van der Waals surface area (Å²) in [4.78, 5) is 7.82. The molecule has 0 unspecified atom stereocenters. The topological polar surface area (TPSA) is 58.5 Å². The maximum Gasteiger partial charge on any atom is 0.106 e. The summed E-state index contributed by atoms with van der Waals surface area (Å²) in [6.07, 6.45) is 5.98. The molecule has 2 aromatic rings. The zero-order valence-electron chi connectivity index (χ0n) is 12.2. The molecule has 0 aliphatic heterocycles. The van der Waals surface area contributed by atoms with Gasteiger partial charge in [0.25, 0.3) is 0 Å². The fourth-order valence-corrected chi connectivity index (χ4v) is 2.14. The van der Waals surface area contributed by atoms with Crippen LogP contribution in [0, 0.1) is 6.92 Å². The van der Waals surface area contributed by atoms with E-state index in [1.165, 1.54) is 0 Å². The van der Waals surface area contributed by atoms with Gasteiger partial charge in [-0.2, -0.15) is 5.10 Å². The molecule has 0 amide bonds. The van der Waals surface area contributed by atoms with E-state index in [9.17, 15) is 0 Å². The number of aromatic amines is 1. The van der Waals surface area contributed by atoms with Crippen molar-refractivity contribution in [3.05, 3.63) is 23.9 Å². The predicted molar refractivity (Wildman–Crippen MR) is 77.0 cm³/mol. The van der Waals surface area contributed by atoms with Crippen molar-refractivity contribution < 1.29 is 0 Å². The van der Waals surface area contributed by atoms with E-state index in [4.69, 9.17) is 0 Å². The highest BCUT2D eigenvalue weighted by atomic mass is 15.2. The minimum Gasteiger partial charge on any atom is -0.342 e. The Morgan fingerprint density at radius 2 is 2.21 bits per heavy atom. The van der Waals surface area contributed by atoms with Gasteiger partial charge in [-0.05, 0) is 19.9 Å². The molecule has 2 heterocycles. The molecular weight excluding hydrogens is 238 g/mol. The summed E-state index contributed by atoms with van der Waals surface area (Å²) in [6, 6.07) is 0.546. The Bertz CT molecular complexity index is 524. The smallest absolute Gasteiger partial charge is 0.106 e. The van der Waals surface area contributed by atoms with Crippen LogP contribution >= 0.6 is 0 Å². The Morgan fingerprint density at radius 1 is 1.42 bits per heavy atom. The fourth-order valence-electron chi connectivity index (χ4n) is 2.14. The molecular formula is C14H23N5. The van der Waals surface area contributed by atoms with Crippen molar-refractivity contribution in [2.24, 2.45) is 7.05 Å². The van der Waals surface area contributed by atoms with Gasteiger partial charge < -0.3 is 10.3 Å². The predicted octanol–water partition coefficient (Wildman–Crippen LogP) is 2.05. The van der Waals surface area contributed by atoms with Crippen molar-refractivity contribution in [3.8, 4) is 11.3 Å². The third-order valence-electron chi connectivity index (χ3n) is 3.08. The van der Waals surface area contributed by atoms with Crippen LogP contribution < -0.4 is 5.32 Å². The number of H-pyrrole nitrogens is 1. The van der Waals surface area contributed by atoms with Crippen molar-refractivity contribution in [1.82, 2.24) is 25.1 Å². The molecule has 0 aliphatic carbocycles. The zero-order chi connectivity index (χ0) is 13.8. The molecule has 0 aromatic carbocycles. The molecule has 5 nitrogen and oxygen atoms in total. The van der Waals surface area contributed by atoms with Gasteiger partial charge in [0.2, 0.25) is 0 Å². The standard InChI is InChI=1S/C14H23N5/c1-10(2)15-7-5-6-14-16-8-13(17-14)12-9-19(4)18-11(12)3/h8-10,15H,5-7H2,1-4H3,(H,16,17). The molecule has 104 valence electrons. The molecule has 19 heavy (non-hydrogen) atoms. The lowest BCUT2D eigenvalue weighted by Gasteiger charge is -2.06. The van der Waals surface area contributed by atoms with Crippen molar-refractivity contribution in [2.75, 3.05) is 6.54 Å². The minimum absolute atomic E-state index is 0.546. The van der Waals surface area contributed by atoms with Crippen LogP contribution in [-0.4, -0.2) is 32.3 Å². The molecule has 0 atom stereocenters. The number of nitrogens with one attached hydrogen (secondary N) is 2. The molecule has 0 aliphatic rings. The highest BCUT2D eigenvalue weighted by Crippen LogP contribution is 2.20. The van der Waals surface area contributed by atoms with E-state index in [0.717, 1.165) is 42.2 Å². The first-order valence-electron chi connectivity index (χ1n) is 6.84. The van der Waals surface area contributed by atoms with Gasteiger partial charge in [0.1, 0.15) is 5.82 Å². The van der Waals surface area contributed by atoms with Gasteiger partial charge in [0.15, 0.2) is 0 Å². The summed E-state index contributed by atoms with van der Waals surface area (Å²) in [5.74, 6) is 1.05. The monoisotopic (exact) mass is 261 g/mol. The van der Waals surface area contributed by atoms with Crippen molar-refractivity contribution in [1.29, 1.82) is 0 Å². The molecule has 2 rings (SSSR count). The van der Waals surface area contributed by atoms with E-state index in [2.05, 4.69) is 34.2 Å². The van der Waals surface area contributed by atoms with Gasteiger partial charge in [-0.3, -0.25) is 4.68 Å². The number of imidazole rings is 1. The van der Waals surface area contributed by atoms with Gasteiger partial charge >= 0.3 is 0 Å². The quantitative estimate of drug-likeness (QED) is 0.782. The second kappa shape index (κ2) is 6.02. The van der Waals surface area contributed by atoms with Gasteiger partial charge in [0, 0.05) is 31.3 Å². The Hall–Kier alpha value is -1.62. The summed E-state index contributed by atoms with van der Waals surface area (Å²) in [5, 5.41) is 7.76. The highest BCUT2D eigenvalue weighted by Gasteiger charge is 2.09. The summed E-state index contributed by atoms with van der Waals surface area (Å²) in [5.41, 5.74) is 3.21. The molecule has 0 radical (unpaired) electrons. The number of aryl methyl sites for hydroxylation is 3. The molecule has 5 heteroatoms. The molecule has 0 fully saturated rings. The summed E-state index contributed by atoms with van der Waals surface area (Å²) < 4.78 is 1.83. The molecule has 0 saturated carbocycles. The molecule has 2 aromatic heterocycles. The Labute approximate surface area is 114 Å². The van der Waals surface area contributed by atoms with Gasteiger partial charge in [-0.1, -0.05) is 13.8 Å². The Kier molecular flexibility index (Phi) is 4.37. The normalized spacial score (nSPS) is 11.4. The molecule has 2 N–H and O–H groups in total. The molecule has 0 spiro atoms. The third-order valence-corrected chi connectivity index (χ3v) is 3.08. The maximum absolute atomic E-state index is 4.44. The number of hydrogen-bond donors (Lipinski definition) is 2. The summed E-state index contributed by atoms with van der Waals surface area (Å²) >= 11 is 0. The minimum atomic E-state index is 0.546. The largest absolute Gasteiger partial charge is 0.342 e. The van der Waals surface area contributed by atoms with Crippen LogP contribution in [0.5, 0.6) is 0 Å². The first-order valence-corrected chi connectivity index (χ1v) is 6.84. The van der Waals surface area contributed by atoms with Gasteiger partial charge in [-0.25, -0.2) is 4.98 Å². The fraction of sp³-hybridized carbons (Fsp3) is 0.571. The van der Waals surface area contributed by atoms with Crippen molar-refractivity contribution in [2.45, 2.75) is 39.7 Å². The highest BCUT2D eigenvalue weighted by molar-refractivity contribution is 5.60. The van der Waals surface area contributed by atoms with Crippen LogP contribution in [0.2, 0.25) is 0 Å². The number of nitrogens with zero attached hydrogens (tertiary/aromatic N) is 3. The van der Waals surface area contributed by atoms with E-state index in [-0.39, 0.29) is 0 Å². The van der Waals surface area contributed by atoms with Crippen LogP contribution in [0.15, 0.2) is 12.4 Å². The van der Waals surface area contributed by atoms with Crippen molar-refractivity contribution in [3.63, 3.8) is 0 Å². The van der Waals surface area contributed by atoms with E-state index in [1.54, 1.807) is 0 Å². The zero-order valence-corrected chi connectivity index (χ0v) is 12.2. The first-order chi connectivity index (χ1) is 9.06. The number of aromatic nitrogens is 4. The van der Waals surface area contributed by atoms with Crippen LogP contribution in [0.25, 0.3) is 11.3 Å². The molecule has 0 saturated heterocycles. The first kappa shape index (κ1) is 13.8. The van der Waals surface area contributed by atoms with Crippen LogP contribution in [0.3, 0.4) is 0 Å². The van der Waals surface area contributed by atoms with E-state index in [0.29, 0.717) is 6.04 Å². The second-order valence-electron chi connectivity index (χ2n) is 5.26. The van der Waals surface area contributed by atoms with E-state index in [1.807, 2.05) is 31.0 Å². The number of rotatable bonds is 6. The SMILES string of the molecule is Cc1nn(C)cc1-c1cnc(CCCNC(C)C)[nH]1. The lowest BCUT2D eigenvalue weighted by atomic mass is 10.2. The summed E-state index contributed by atoms with van der Waals surface area (Å²) in [6.45, 7) is 7.37. The lowest BCUT2D eigenvalue weighted by molar-refractivity contribution is 0.567. The third kappa shape index (κ3) is 3.67. The summed E-state index contributed by atoms with van der Waals surface area (Å²) in [7, 11) is 1.94. The van der Waals surface area contributed by atoms with Crippen LogP contribution in [0.1, 0.15) is 31.8 Å². The lowest BCUT2D eigenvalue weighted by Crippen LogP contribution is -2.24. The van der Waals surface area contributed by atoms with Gasteiger partial charge in [-0.15, -0.1) is 0 Å². The van der Waals surface area contributed by atoms with Crippen LogP contribution in [0.4, 0.5) is 0 Å². The van der Waals surface area contributed by atoms with E-state index < -0.39 is 0 Å². The van der Waals surface area contributed by atoms with Crippen LogP contribution in [-0.2, 0) is 13.5 Å². The van der Waals surface area contributed by atoms with E-state index >= 15 is 0 Å². The van der Waals surface area contributed by atoms with Crippen molar-refractivity contribution >= 4 is 0 Å². The Morgan fingerprint density at radius 3 is 2.84 bits per heavy atom. The Balaban J connectivity index is 1.94. The van der Waals surface area contributed by atoms with Gasteiger partial charge in [0.05, 0.1) is 17.6 Å². The second-order valence-corrected chi connectivity index (χ2v) is 5.26. The average Bonchev–Trinajstić information content (AvgIpc) is 2.91. The molecule has 0 bridgehead atoms.